The number of morpholine rings is 1. The molecular weight excluding hydrogens is 534 g/mol. The summed E-state index contributed by atoms with van der Waals surface area (Å²) in [4.78, 5) is 44.8. The number of aromatic nitrogens is 1. The van der Waals surface area contributed by atoms with Gasteiger partial charge in [-0.1, -0.05) is 30.3 Å². The van der Waals surface area contributed by atoms with Gasteiger partial charge >= 0.3 is 12.2 Å². The number of carbonyl (C=O) groups is 3. The van der Waals surface area contributed by atoms with E-state index >= 15 is 0 Å². The highest BCUT2D eigenvalue weighted by atomic mass is 32.1. The summed E-state index contributed by atoms with van der Waals surface area (Å²) >= 11 is 1.43. The number of carbonyl (C=O) groups excluding carboxylic acids is 3. The summed E-state index contributed by atoms with van der Waals surface area (Å²) < 4.78 is 15.9. The Morgan fingerprint density at radius 3 is 2.55 bits per heavy atom. The molecule has 3 N–H and O–H groups in total. The van der Waals surface area contributed by atoms with E-state index in [4.69, 9.17) is 14.2 Å². The number of rotatable bonds is 15. The van der Waals surface area contributed by atoms with Crippen molar-refractivity contribution in [1.82, 2.24) is 25.8 Å². The van der Waals surface area contributed by atoms with Gasteiger partial charge in [0.25, 0.3) is 0 Å². The number of nitrogens with one attached hydrogen (secondary N) is 3. The zero-order valence-electron chi connectivity index (χ0n) is 23.3. The van der Waals surface area contributed by atoms with Crippen molar-refractivity contribution in [1.29, 1.82) is 0 Å². The number of alkyl carbamates (subject to hydrolysis) is 2. The fourth-order valence-corrected chi connectivity index (χ4v) is 4.77. The van der Waals surface area contributed by atoms with Crippen LogP contribution in [0.5, 0.6) is 0 Å². The molecule has 2 atom stereocenters. The summed E-state index contributed by atoms with van der Waals surface area (Å²) in [5.41, 5.74) is 2.79. The van der Waals surface area contributed by atoms with E-state index in [1.165, 1.54) is 11.3 Å². The molecule has 2 unspecified atom stereocenters. The highest BCUT2D eigenvalue weighted by Crippen LogP contribution is 2.10. The summed E-state index contributed by atoms with van der Waals surface area (Å²) in [7, 11) is 0. The third-order valence-corrected chi connectivity index (χ3v) is 7.05. The molecule has 1 saturated heterocycles. The zero-order chi connectivity index (χ0) is 28.6. The molecule has 0 aliphatic carbocycles. The number of hydrogen-bond donors (Lipinski definition) is 3. The summed E-state index contributed by atoms with van der Waals surface area (Å²) in [6.07, 6.45) is 2.64. The van der Waals surface area contributed by atoms with Gasteiger partial charge in [0.2, 0.25) is 5.91 Å². The summed E-state index contributed by atoms with van der Waals surface area (Å²) in [5.74, 6) is -0.259. The predicted molar refractivity (Wildman–Crippen MR) is 152 cm³/mol. The number of amides is 3. The van der Waals surface area contributed by atoms with Crippen molar-refractivity contribution < 1.29 is 28.6 Å². The van der Waals surface area contributed by atoms with Gasteiger partial charge in [0.1, 0.15) is 12.6 Å². The van der Waals surface area contributed by atoms with E-state index in [2.05, 4.69) is 25.8 Å². The van der Waals surface area contributed by atoms with E-state index in [-0.39, 0.29) is 24.7 Å². The van der Waals surface area contributed by atoms with Crippen LogP contribution in [0.3, 0.4) is 0 Å². The van der Waals surface area contributed by atoms with Crippen LogP contribution in [0.4, 0.5) is 9.59 Å². The average Bonchev–Trinajstić information content (AvgIpc) is 3.46. The first kappa shape index (κ1) is 31.3. The van der Waals surface area contributed by atoms with Crippen LogP contribution < -0.4 is 16.0 Å². The predicted octanol–water partition coefficient (Wildman–Crippen LogP) is 3.10. The van der Waals surface area contributed by atoms with Crippen LogP contribution >= 0.6 is 11.3 Å². The Hall–Kier alpha value is -3.22. The quantitative estimate of drug-likeness (QED) is 0.276. The summed E-state index contributed by atoms with van der Waals surface area (Å²) in [6, 6.07) is 9.01. The first-order valence-electron chi connectivity index (χ1n) is 13.8. The molecule has 0 radical (unpaired) electrons. The molecule has 1 aliphatic rings. The molecule has 3 rings (SSSR count). The largest absolute Gasteiger partial charge is 0.447 e. The van der Waals surface area contributed by atoms with Gasteiger partial charge < -0.3 is 30.2 Å². The molecule has 0 spiro atoms. The van der Waals surface area contributed by atoms with Gasteiger partial charge in [-0.3, -0.25) is 14.7 Å². The third-order valence-electron chi connectivity index (χ3n) is 6.29. The minimum atomic E-state index is -0.714. The Morgan fingerprint density at radius 2 is 1.85 bits per heavy atom. The molecular formula is C28H41N5O6S. The van der Waals surface area contributed by atoms with Gasteiger partial charge in [0, 0.05) is 38.4 Å². The van der Waals surface area contributed by atoms with Crippen LogP contribution in [-0.4, -0.2) is 85.6 Å². The smallest absolute Gasteiger partial charge is 0.408 e. The Balaban J connectivity index is 1.49. The maximum atomic E-state index is 13.0. The number of hydrogen-bond acceptors (Lipinski definition) is 9. The topological polar surface area (TPSA) is 131 Å². The molecule has 220 valence electrons. The summed E-state index contributed by atoms with van der Waals surface area (Å²) in [5, 5.41) is 8.62. The maximum absolute atomic E-state index is 13.0. The van der Waals surface area contributed by atoms with E-state index in [1.54, 1.807) is 25.6 Å². The Bertz CT molecular complexity index is 1020. The van der Waals surface area contributed by atoms with Gasteiger partial charge in [-0.25, -0.2) is 9.59 Å². The Kier molecular flexibility index (Phi) is 13.7. The van der Waals surface area contributed by atoms with Crippen molar-refractivity contribution >= 4 is 29.4 Å². The molecule has 0 saturated carbocycles. The minimum absolute atomic E-state index is 0.169. The third kappa shape index (κ3) is 12.3. The van der Waals surface area contributed by atoms with Gasteiger partial charge in [0.05, 0.1) is 29.7 Å². The molecule has 11 nitrogen and oxygen atoms in total. The summed E-state index contributed by atoms with van der Waals surface area (Å²) in [6.45, 7) is 7.68. The lowest BCUT2D eigenvalue weighted by atomic mass is 10.0. The van der Waals surface area contributed by atoms with Crippen molar-refractivity contribution in [2.45, 2.75) is 64.3 Å². The number of ether oxygens (including phenoxy) is 3. The fourth-order valence-electron chi connectivity index (χ4n) is 4.26. The monoisotopic (exact) mass is 575 g/mol. The number of benzene rings is 1. The normalized spacial score (nSPS) is 15.2. The molecule has 1 aromatic heterocycles. The average molecular weight is 576 g/mol. The van der Waals surface area contributed by atoms with E-state index in [1.807, 2.05) is 30.3 Å². The molecule has 12 heteroatoms. The second-order valence-corrected chi connectivity index (χ2v) is 10.9. The van der Waals surface area contributed by atoms with Crippen LogP contribution in [-0.2, 0) is 32.0 Å². The van der Waals surface area contributed by atoms with E-state index in [9.17, 15) is 14.4 Å². The van der Waals surface area contributed by atoms with Crippen LogP contribution in [0.15, 0.2) is 42.0 Å². The van der Waals surface area contributed by atoms with Crippen LogP contribution in [0.1, 0.15) is 43.6 Å². The standard InChI is InChI=1S/C28H41N5O6S/c1-21(2)39-28(36)32-25(10-12-33-13-15-37-16-14-33)26(34)30-11-6-9-23(17-22-7-4-3-5-8-22)31-27(35)38-19-24-18-29-20-40-24/h3-5,7-8,18,20-21,23,25H,6,9-17,19H2,1-2H3,(H,30,34)(H,31,35)(H,32,36). The molecule has 0 bridgehead atoms. The highest BCUT2D eigenvalue weighted by Gasteiger charge is 2.23. The molecule has 3 amide bonds. The SMILES string of the molecule is CC(C)OC(=O)NC(CCN1CCOCC1)C(=O)NCCCC(Cc1ccccc1)NC(=O)OCc1cncs1. The minimum Gasteiger partial charge on any atom is -0.447 e. The number of thiazole rings is 1. The van der Waals surface area contributed by atoms with E-state index in [0.29, 0.717) is 52.0 Å². The Labute approximate surface area is 240 Å². The van der Waals surface area contributed by atoms with Crippen molar-refractivity contribution in [2.75, 3.05) is 39.4 Å². The van der Waals surface area contributed by atoms with E-state index in [0.717, 1.165) is 23.5 Å². The van der Waals surface area contributed by atoms with Crippen molar-refractivity contribution in [3.63, 3.8) is 0 Å². The molecule has 2 aromatic rings. The first-order valence-corrected chi connectivity index (χ1v) is 14.7. The molecule has 1 fully saturated rings. The lowest BCUT2D eigenvalue weighted by Gasteiger charge is -2.28. The van der Waals surface area contributed by atoms with Crippen LogP contribution in [0.25, 0.3) is 0 Å². The second-order valence-electron chi connectivity index (χ2n) is 9.90. The van der Waals surface area contributed by atoms with Crippen molar-refractivity contribution in [3.05, 3.63) is 52.5 Å². The van der Waals surface area contributed by atoms with Crippen molar-refractivity contribution in [2.24, 2.45) is 0 Å². The lowest BCUT2D eigenvalue weighted by Crippen LogP contribution is -2.49. The van der Waals surface area contributed by atoms with Gasteiger partial charge in [-0.2, -0.15) is 0 Å². The highest BCUT2D eigenvalue weighted by molar-refractivity contribution is 7.09. The van der Waals surface area contributed by atoms with E-state index < -0.39 is 18.2 Å². The first-order chi connectivity index (χ1) is 19.4. The molecule has 2 heterocycles. The van der Waals surface area contributed by atoms with Crippen LogP contribution in [0, 0.1) is 0 Å². The fraction of sp³-hybridized carbons (Fsp3) is 0.571. The Morgan fingerprint density at radius 1 is 1.07 bits per heavy atom. The molecule has 1 aliphatic heterocycles. The zero-order valence-corrected chi connectivity index (χ0v) is 24.1. The second kappa shape index (κ2) is 17.5. The van der Waals surface area contributed by atoms with Crippen molar-refractivity contribution in [3.8, 4) is 0 Å². The lowest BCUT2D eigenvalue weighted by molar-refractivity contribution is -0.123. The van der Waals surface area contributed by atoms with Gasteiger partial charge in [0.15, 0.2) is 0 Å². The van der Waals surface area contributed by atoms with Gasteiger partial charge in [-0.05, 0) is 45.1 Å². The van der Waals surface area contributed by atoms with Crippen LogP contribution in [0.2, 0.25) is 0 Å². The van der Waals surface area contributed by atoms with Gasteiger partial charge in [-0.15, -0.1) is 11.3 Å². The molecule has 40 heavy (non-hydrogen) atoms. The molecule has 1 aromatic carbocycles. The number of nitrogens with zero attached hydrogens (tertiary/aromatic N) is 2. The maximum Gasteiger partial charge on any atom is 0.408 e.